The number of hydrogen-bond acceptors (Lipinski definition) is 3. The highest BCUT2D eigenvalue weighted by Crippen LogP contribution is 2.32. The summed E-state index contributed by atoms with van der Waals surface area (Å²) in [6.07, 6.45) is 5.83. The number of hydrogen-bond donors (Lipinski definition) is 0. The standard InChI is InChI=1S/C19H17NOS2/c1-4-16-13(2)12-14(20(3)19(16)21)7-8-15-9-10-18(23-15)17-6-5-11-22-17/h4-12H,2H2,1,3H3/b8-7+,16-4+. The van der Waals surface area contributed by atoms with Crippen molar-refractivity contribution < 1.29 is 0 Å². The fraction of sp³-hybridized carbons (Fsp3) is 0.105. The molecule has 0 unspecified atom stereocenters. The number of aromatic nitrogens is 1. The molecule has 0 radical (unpaired) electrons. The summed E-state index contributed by atoms with van der Waals surface area (Å²) >= 11 is 3.49. The second-order valence-corrected chi connectivity index (χ2v) is 7.24. The minimum absolute atomic E-state index is 0.00916. The molecule has 3 aromatic heterocycles. The summed E-state index contributed by atoms with van der Waals surface area (Å²) in [7, 11) is 1.79. The van der Waals surface area contributed by atoms with E-state index in [0.717, 1.165) is 15.8 Å². The molecule has 0 atom stereocenters. The zero-order valence-corrected chi connectivity index (χ0v) is 14.7. The maximum Gasteiger partial charge on any atom is 0.258 e. The third-order valence-electron chi connectivity index (χ3n) is 3.69. The molecule has 23 heavy (non-hydrogen) atoms. The van der Waals surface area contributed by atoms with Crippen molar-refractivity contribution in [2.45, 2.75) is 6.92 Å². The van der Waals surface area contributed by atoms with Gasteiger partial charge >= 0.3 is 0 Å². The van der Waals surface area contributed by atoms with Crippen LogP contribution < -0.4 is 16.0 Å². The summed E-state index contributed by atoms with van der Waals surface area (Å²) in [5, 5.41) is 3.52. The predicted octanol–water partition coefficient (Wildman–Crippen LogP) is 3.56. The van der Waals surface area contributed by atoms with Crippen LogP contribution in [-0.4, -0.2) is 4.57 Å². The van der Waals surface area contributed by atoms with Crippen LogP contribution in [0.15, 0.2) is 40.5 Å². The zero-order chi connectivity index (χ0) is 16.4. The van der Waals surface area contributed by atoms with E-state index in [1.165, 1.54) is 9.75 Å². The van der Waals surface area contributed by atoms with E-state index >= 15 is 0 Å². The SMILES string of the molecule is C=c1cc(/C=C/c2ccc(-c3cccs3)s2)n(C)c(=O)/c1=C/C. The van der Waals surface area contributed by atoms with E-state index in [1.807, 2.05) is 31.2 Å². The molecule has 0 aliphatic heterocycles. The molecule has 3 rings (SSSR count). The van der Waals surface area contributed by atoms with Gasteiger partial charge in [-0.05, 0) is 53.9 Å². The van der Waals surface area contributed by atoms with Gasteiger partial charge < -0.3 is 4.57 Å². The molecule has 0 N–H and O–H groups in total. The van der Waals surface area contributed by atoms with Crippen LogP contribution in [-0.2, 0) is 7.05 Å². The van der Waals surface area contributed by atoms with E-state index in [0.29, 0.717) is 5.22 Å². The third kappa shape index (κ3) is 3.14. The number of thiophene rings is 2. The van der Waals surface area contributed by atoms with Gasteiger partial charge in [-0.1, -0.05) is 18.7 Å². The maximum absolute atomic E-state index is 12.3. The Morgan fingerprint density at radius 1 is 1.17 bits per heavy atom. The average molecular weight is 339 g/mol. The summed E-state index contributed by atoms with van der Waals surface area (Å²) < 4.78 is 1.66. The van der Waals surface area contributed by atoms with Gasteiger partial charge in [-0.2, -0.15) is 0 Å². The third-order valence-corrected chi connectivity index (χ3v) is 5.80. The molecule has 0 fully saturated rings. The molecule has 4 heteroatoms. The summed E-state index contributed by atoms with van der Waals surface area (Å²) in [5.74, 6) is 0. The Kier molecular flexibility index (Phi) is 4.46. The number of nitrogens with zero attached hydrogens (tertiary/aromatic N) is 1. The lowest BCUT2D eigenvalue weighted by Crippen LogP contribution is -2.44. The molecule has 0 spiro atoms. The lowest BCUT2D eigenvalue weighted by Gasteiger charge is -2.03. The Bertz CT molecular complexity index is 1020. The second-order valence-electron chi connectivity index (χ2n) is 5.17. The molecule has 0 aliphatic carbocycles. The number of pyridine rings is 1. The molecule has 3 heterocycles. The summed E-state index contributed by atoms with van der Waals surface area (Å²) in [6.45, 7) is 5.83. The molecule has 0 amide bonds. The Morgan fingerprint density at radius 2 is 2.00 bits per heavy atom. The minimum atomic E-state index is -0.00916. The fourth-order valence-electron chi connectivity index (χ4n) is 2.42. The number of rotatable bonds is 3. The van der Waals surface area contributed by atoms with E-state index < -0.39 is 0 Å². The first-order chi connectivity index (χ1) is 11.1. The van der Waals surface area contributed by atoms with E-state index in [4.69, 9.17) is 0 Å². The van der Waals surface area contributed by atoms with Crippen molar-refractivity contribution in [2.75, 3.05) is 0 Å². The highest BCUT2D eigenvalue weighted by atomic mass is 32.1. The van der Waals surface area contributed by atoms with Gasteiger partial charge in [0.05, 0.1) is 0 Å². The molecule has 3 aromatic rings. The monoisotopic (exact) mass is 339 g/mol. The molecule has 0 saturated carbocycles. The molecule has 0 bridgehead atoms. The molecule has 0 aliphatic rings. The molecule has 116 valence electrons. The quantitative estimate of drug-likeness (QED) is 0.715. The Balaban J connectivity index is 1.95. The van der Waals surface area contributed by atoms with Crippen molar-refractivity contribution in [3.05, 3.63) is 67.1 Å². The first kappa shape index (κ1) is 15.7. The summed E-state index contributed by atoms with van der Waals surface area (Å²) in [6, 6.07) is 10.4. The van der Waals surface area contributed by atoms with Gasteiger partial charge in [-0.15, -0.1) is 22.7 Å². The van der Waals surface area contributed by atoms with Crippen molar-refractivity contribution >= 4 is 47.5 Å². The molecular formula is C19H17NOS2. The minimum Gasteiger partial charge on any atom is -0.311 e. The van der Waals surface area contributed by atoms with Crippen LogP contribution >= 0.6 is 22.7 Å². The average Bonchev–Trinajstić information content (AvgIpc) is 3.20. The van der Waals surface area contributed by atoms with Crippen LogP contribution in [0, 0.1) is 0 Å². The molecule has 0 aromatic carbocycles. The zero-order valence-electron chi connectivity index (χ0n) is 13.1. The van der Waals surface area contributed by atoms with Crippen LogP contribution in [0.1, 0.15) is 17.5 Å². The van der Waals surface area contributed by atoms with E-state index in [9.17, 15) is 4.79 Å². The van der Waals surface area contributed by atoms with Gasteiger partial charge in [-0.3, -0.25) is 4.79 Å². The molecule has 0 saturated heterocycles. The Hall–Kier alpha value is -2.17. The van der Waals surface area contributed by atoms with Crippen molar-refractivity contribution in [2.24, 2.45) is 7.05 Å². The Morgan fingerprint density at radius 3 is 2.70 bits per heavy atom. The van der Waals surface area contributed by atoms with Gasteiger partial charge in [-0.25, -0.2) is 0 Å². The van der Waals surface area contributed by atoms with E-state index in [1.54, 1.807) is 34.3 Å². The van der Waals surface area contributed by atoms with Crippen LogP contribution in [0.4, 0.5) is 0 Å². The summed E-state index contributed by atoms with van der Waals surface area (Å²) in [4.78, 5) is 16.0. The Labute approximate surface area is 143 Å². The maximum atomic E-state index is 12.3. The van der Waals surface area contributed by atoms with Crippen molar-refractivity contribution in [1.82, 2.24) is 4.57 Å². The topological polar surface area (TPSA) is 22.0 Å². The highest BCUT2D eigenvalue weighted by Gasteiger charge is 2.03. The van der Waals surface area contributed by atoms with Crippen molar-refractivity contribution in [3.63, 3.8) is 0 Å². The van der Waals surface area contributed by atoms with Gasteiger partial charge in [0.15, 0.2) is 0 Å². The van der Waals surface area contributed by atoms with Crippen molar-refractivity contribution in [3.8, 4) is 9.75 Å². The normalized spacial score (nSPS) is 12.3. The van der Waals surface area contributed by atoms with Crippen LogP contribution in [0.3, 0.4) is 0 Å². The van der Waals surface area contributed by atoms with E-state index in [2.05, 4.69) is 36.2 Å². The van der Waals surface area contributed by atoms with Gasteiger partial charge in [0, 0.05) is 32.6 Å². The molecular weight excluding hydrogens is 322 g/mol. The van der Waals surface area contributed by atoms with Crippen LogP contribution in [0.25, 0.3) is 34.6 Å². The predicted molar refractivity (Wildman–Crippen MR) is 103 cm³/mol. The summed E-state index contributed by atoms with van der Waals surface area (Å²) in [5.41, 5.74) is 0.849. The molecule has 2 nitrogen and oxygen atoms in total. The fourth-order valence-corrected chi connectivity index (χ4v) is 4.16. The van der Waals surface area contributed by atoms with Crippen molar-refractivity contribution in [1.29, 1.82) is 0 Å². The lowest BCUT2D eigenvalue weighted by atomic mass is 10.2. The lowest BCUT2D eigenvalue weighted by molar-refractivity contribution is 0.835. The smallest absolute Gasteiger partial charge is 0.258 e. The first-order valence-corrected chi connectivity index (χ1v) is 8.97. The van der Waals surface area contributed by atoms with Gasteiger partial charge in [0.25, 0.3) is 5.56 Å². The van der Waals surface area contributed by atoms with Crippen LogP contribution in [0.5, 0.6) is 0 Å². The van der Waals surface area contributed by atoms with E-state index in [-0.39, 0.29) is 5.56 Å². The van der Waals surface area contributed by atoms with Crippen LogP contribution in [0.2, 0.25) is 0 Å². The van der Waals surface area contributed by atoms with Gasteiger partial charge in [0.1, 0.15) is 0 Å². The van der Waals surface area contributed by atoms with Gasteiger partial charge in [0.2, 0.25) is 0 Å². The first-order valence-electron chi connectivity index (χ1n) is 7.27. The second kappa shape index (κ2) is 6.52. The largest absolute Gasteiger partial charge is 0.311 e. The highest BCUT2D eigenvalue weighted by molar-refractivity contribution is 7.21.